The van der Waals surface area contributed by atoms with Crippen LogP contribution in [0.15, 0.2) is 42.5 Å². The molecule has 0 amide bonds. The van der Waals surface area contributed by atoms with Crippen LogP contribution >= 0.6 is 22.6 Å². The minimum atomic E-state index is -3.26. The number of hydrogen-bond donors (Lipinski definition) is 4. The van der Waals surface area contributed by atoms with Crippen molar-refractivity contribution in [3.8, 4) is 0 Å². The number of benzene rings is 2. The van der Waals surface area contributed by atoms with Gasteiger partial charge >= 0.3 is 0 Å². The molecule has 0 saturated carbocycles. The first kappa shape index (κ1) is 18.4. The minimum absolute atomic E-state index is 0.0942. The van der Waals surface area contributed by atoms with Crippen molar-refractivity contribution in [1.82, 2.24) is 10.9 Å². The van der Waals surface area contributed by atoms with Crippen LogP contribution in [0.5, 0.6) is 0 Å². The second-order valence-corrected chi connectivity index (χ2v) is 9.22. The Kier molecular flexibility index (Phi) is 5.52. The Morgan fingerprint density at radius 1 is 1.12 bits per heavy atom. The van der Waals surface area contributed by atoms with Crippen LogP contribution in [-0.2, 0) is 10.0 Å². The highest BCUT2D eigenvalue weighted by molar-refractivity contribution is 14.1. The maximum absolute atomic E-state index is 11.3. The molecule has 0 spiro atoms. The van der Waals surface area contributed by atoms with Crippen LogP contribution in [0.2, 0.25) is 0 Å². The van der Waals surface area contributed by atoms with Crippen molar-refractivity contribution in [2.45, 2.75) is 25.6 Å². The molecule has 1 aliphatic heterocycles. The molecule has 8 heteroatoms. The lowest BCUT2D eigenvalue weighted by Crippen LogP contribution is -2.36. The summed E-state index contributed by atoms with van der Waals surface area (Å²) in [5.74, 6) is 0. The number of anilines is 2. The van der Waals surface area contributed by atoms with E-state index in [2.05, 4.69) is 67.7 Å². The van der Waals surface area contributed by atoms with Gasteiger partial charge in [0.15, 0.2) is 0 Å². The second-order valence-electron chi connectivity index (χ2n) is 6.23. The Hall–Kier alpha value is -1.36. The average Bonchev–Trinajstić information content (AvgIpc) is 2.98. The summed E-state index contributed by atoms with van der Waals surface area (Å²) in [5, 5.41) is 3.46. The summed E-state index contributed by atoms with van der Waals surface area (Å²) in [4.78, 5) is 0. The number of sulfonamides is 1. The summed E-state index contributed by atoms with van der Waals surface area (Å²) in [6.07, 6.45) is 2.15. The van der Waals surface area contributed by atoms with E-state index in [0.29, 0.717) is 5.69 Å². The van der Waals surface area contributed by atoms with Gasteiger partial charge in [-0.1, -0.05) is 12.1 Å². The molecule has 1 fully saturated rings. The first-order chi connectivity index (χ1) is 11.8. The number of aryl methyl sites for hydroxylation is 1. The standard InChI is InChI=1S/C17H21IN4O2S/c1-11-9-14(22-25(2,23)24)7-8-15(11)19-17-10-16(20-21-17)12-3-5-13(18)6-4-12/h3-9,16-17,19-22H,10H2,1-2H3. The van der Waals surface area contributed by atoms with Crippen LogP contribution in [0.25, 0.3) is 0 Å². The molecule has 0 bridgehead atoms. The van der Waals surface area contributed by atoms with Crippen LogP contribution in [0.1, 0.15) is 23.6 Å². The molecular formula is C17H21IN4O2S. The van der Waals surface area contributed by atoms with E-state index in [1.807, 2.05) is 19.1 Å². The van der Waals surface area contributed by atoms with Gasteiger partial charge in [0.1, 0.15) is 0 Å². The number of halogens is 1. The first-order valence-corrected chi connectivity index (χ1v) is 10.9. The van der Waals surface area contributed by atoms with Crippen LogP contribution in [0.3, 0.4) is 0 Å². The van der Waals surface area contributed by atoms with E-state index in [9.17, 15) is 8.42 Å². The fourth-order valence-electron chi connectivity index (χ4n) is 2.86. The van der Waals surface area contributed by atoms with Gasteiger partial charge in [-0.25, -0.2) is 19.3 Å². The van der Waals surface area contributed by atoms with Crippen molar-refractivity contribution < 1.29 is 8.42 Å². The normalized spacial score (nSPS) is 20.4. The Labute approximate surface area is 161 Å². The molecule has 0 radical (unpaired) electrons. The third-order valence-electron chi connectivity index (χ3n) is 4.03. The second kappa shape index (κ2) is 7.48. The zero-order valence-corrected chi connectivity index (χ0v) is 17.0. The monoisotopic (exact) mass is 472 g/mol. The number of hydrogen-bond acceptors (Lipinski definition) is 5. The van der Waals surface area contributed by atoms with Crippen molar-refractivity contribution in [2.24, 2.45) is 0 Å². The topological polar surface area (TPSA) is 82.3 Å². The van der Waals surface area contributed by atoms with Gasteiger partial charge in [-0.15, -0.1) is 0 Å². The molecular weight excluding hydrogens is 451 g/mol. The highest BCUT2D eigenvalue weighted by Crippen LogP contribution is 2.26. The molecule has 6 nitrogen and oxygen atoms in total. The van der Waals surface area contributed by atoms with Gasteiger partial charge in [0.2, 0.25) is 10.0 Å². The third kappa shape index (κ3) is 5.06. The van der Waals surface area contributed by atoms with Crippen molar-refractivity contribution in [3.05, 3.63) is 57.2 Å². The lowest BCUT2D eigenvalue weighted by Gasteiger charge is -2.17. The maximum atomic E-state index is 11.3. The van der Waals surface area contributed by atoms with Crippen LogP contribution in [0.4, 0.5) is 11.4 Å². The zero-order valence-electron chi connectivity index (χ0n) is 14.0. The van der Waals surface area contributed by atoms with Crippen molar-refractivity contribution >= 4 is 44.0 Å². The molecule has 0 aliphatic carbocycles. The number of hydrazine groups is 1. The highest BCUT2D eigenvalue weighted by atomic mass is 127. The van der Waals surface area contributed by atoms with Crippen molar-refractivity contribution in [2.75, 3.05) is 16.3 Å². The van der Waals surface area contributed by atoms with Gasteiger partial charge in [-0.2, -0.15) is 0 Å². The minimum Gasteiger partial charge on any atom is -0.368 e. The smallest absolute Gasteiger partial charge is 0.229 e. The lowest BCUT2D eigenvalue weighted by molar-refractivity contribution is 0.564. The molecule has 134 valence electrons. The van der Waals surface area contributed by atoms with Gasteiger partial charge in [-0.05, 0) is 71.0 Å². The SMILES string of the molecule is Cc1cc(NS(C)(=O)=O)ccc1NC1CC(c2ccc(I)cc2)NN1. The van der Waals surface area contributed by atoms with Crippen molar-refractivity contribution in [3.63, 3.8) is 0 Å². The Morgan fingerprint density at radius 2 is 1.84 bits per heavy atom. The molecule has 2 atom stereocenters. The van der Waals surface area contributed by atoms with Gasteiger partial charge in [-0.3, -0.25) is 4.72 Å². The average molecular weight is 472 g/mol. The van der Waals surface area contributed by atoms with Crippen LogP contribution in [0, 0.1) is 10.5 Å². The van der Waals surface area contributed by atoms with Gasteiger partial charge in [0.05, 0.1) is 12.4 Å². The predicted molar refractivity (Wildman–Crippen MR) is 110 cm³/mol. The summed E-state index contributed by atoms with van der Waals surface area (Å²) in [6.45, 7) is 1.95. The molecule has 1 saturated heterocycles. The Balaban J connectivity index is 1.64. The van der Waals surface area contributed by atoms with E-state index < -0.39 is 10.0 Å². The number of nitrogens with one attached hydrogen (secondary N) is 4. The van der Waals surface area contributed by atoms with E-state index in [0.717, 1.165) is 23.9 Å². The first-order valence-electron chi connectivity index (χ1n) is 7.92. The third-order valence-corrected chi connectivity index (χ3v) is 5.36. The molecule has 2 unspecified atom stereocenters. The summed E-state index contributed by atoms with van der Waals surface area (Å²) in [7, 11) is -3.26. The quantitative estimate of drug-likeness (QED) is 0.504. The van der Waals surface area contributed by atoms with E-state index in [1.165, 1.54) is 9.13 Å². The Morgan fingerprint density at radius 3 is 2.48 bits per heavy atom. The van der Waals surface area contributed by atoms with E-state index in [-0.39, 0.29) is 12.2 Å². The molecule has 25 heavy (non-hydrogen) atoms. The Bertz CT molecular complexity index is 855. The number of rotatable bonds is 5. The molecule has 2 aromatic carbocycles. The molecule has 1 heterocycles. The molecule has 0 aromatic heterocycles. The molecule has 2 aromatic rings. The van der Waals surface area contributed by atoms with Crippen molar-refractivity contribution in [1.29, 1.82) is 0 Å². The lowest BCUT2D eigenvalue weighted by atomic mass is 10.0. The summed E-state index contributed by atoms with van der Waals surface area (Å²) in [5.41, 5.74) is 10.4. The molecule has 1 aliphatic rings. The maximum Gasteiger partial charge on any atom is 0.229 e. The molecule has 3 rings (SSSR count). The van der Waals surface area contributed by atoms with Crippen LogP contribution < -0.4 is 20.9 Å². The van der Waals surface area contributed by atoms with Crippen LogP contribution in [-0.4, -0.2) is 20.8 Å². The van der Waals surface area contributed by atoms with Gasteiger partial charge in [0, 0.05) is 27.4 Å². The fraction of sp³-hybridized carbons (Fsp3) is 0.294. The highest BCUT2D eigenvalue weighted by Gasteiger charge is 2.25. The summed E-state index contributed by atoms with van der Waals surface area (Å²) < 4.78 is 26.4. The van der Waals surface area contributed by atoms with E-state index >= 15 is 0 Å². The van der Waals surface area contributed by atoms with E-state index in [4.69, 9.17) is 0 Å². The predicted octanol–water partition coefficient (Wildman–Crippen LogP) is 2.95. The van der Waals surface area contributed by atoms with Gasteiger partial charge < -0.3 is 5.32 Å². The fourth-order valence-corrected chi connectivity index (χ4v) is 3.77. The summed E-state index contributed by atoms with van der Waals surface area (Å²) >= 11 is 2.30. The summed E-state index contributed by atoms with van der Waals surface area (Å²) in [6, 6.07) is 14.2. The zero-order chi connectivity index (χ0) is 18.0. The molecule has 4 N–H and O–H groups in total. The largest absolute Gasteiger partial charge is 0.368 e. The van der Waals surface area contributed by atoms with E-state index in [1.54, 1.807) is 6.07 Å². The van der Waals surface area contributed by atoms with Gasteiger partial charge in [0.25, 0.3) is 0 Å².